The number of amides is 1. The molecular weight excluding hydrogens is 518 g/mol. The van der Waals surface area contributed by atoms with Crippen molar-refractivity contribution < 1.29 is 9.53 Å². The van der Waals surface area contributed by atoms with E-state index in [0.29, 0.717) is 30.4 Å². The quantitative estimate of drug-likeness (QED) is 0.335. The minimum absolute atomic E-state index is 0.210. The number of para-hydroxylation sites is 1. The van der Waals surface area contributed by atoms with Crippen molar-refractivity contribution in [1.29, 1.82) is 0 Å². The molecule has 3 N–H and O–H groups in total. The molecule has 0 saturated carbocycles. The van der Waals surface area contributed by atoms with Crippen molar-refractivity contribution in [2.45, 2.75) is 44.6 Å². The van der Waals surface area contributed by atoms with Crippen LogP contribution in [0.4, 0.5) is 11.5 Å². The van der Waals surface area contributed by atoms with Crippen molar-refractivity contribution in [3.63, 3.8) is 0 Å². The van der Waals surface area contributed by atoms with Crippen LogP contribution in [-0.4, -0.2) is 43.1 Å². The van der Waals surface area contributed by atoms with Crippen molar-refractivity contribution in [3.05, 3.63) is 94.3 Å². The third-order valence-corrected chi connectivity index (χ3v) is 8.21. The number of fused-ring (bicyclic) bond motifs is 2. The van der Waals surface area contributed by atoms with Crippen LogP contribution in [0.25, 0.3) is 22.3 Å². The summed E-state index contributed by atoms with van der Waals surface area (Å²) in [6, 6.07) is 19.2. The molecule has 2 aromatic carbocycles. The molecule has 0 spiro atoms. The number of aromatic nitrogens is 5. The van der Waals surface area contributed by atoms with E-state index in [-0.39, 0.29) is 11.1 Å². The number of rotatable bonds is 5. The molecule has 5 heterocycles. The first-order chi connectivity index (χ1) is 20.1. The van der Waals surface area contributed by atoms with Crippen molar-refractivity contribution in [2.75, 3.05) is 24.3 Å². The van der Waals surface area contributed by atoms with E-state index in [1.165, 1.54) is 6.33 Å². The van der Waals surface area contributed by atoms with Gasteiger partial charge in [-0.3, -0.25) is 14.3 Å². The highest BCUT2D eigenvalue weighted by Gasteiger charge is 2.28. The second kappa shape index (κ2) is 10.4. The molecule has 1 amide bonds. The minimum Gasteiger partial charge on any atom is -0.382 e. The van der Waals surface area contributed by atoms with Crippen LogP contribution in [-0.2, 0) is 17.7 Å². The Morgan fingerprint density at radius 1 is 1.02 bits per heavy atom. The Kier molecular flexibility index (Phi) is 6.39. The standard InChI is InChI=1S/C31H31N7O3/c32-29-28-24(18-26(37(28)34-19-33-29)21-13-16-41-17-14-21)20-9-11-22(12-10-20)35-30(39)27-25-8-4-5-15-36(25)38(31(27)40)23-6-2-1-3-7-23/h1-3,6-7,9-12,18-19,21H,4-5,8,13-17H2,(H,35,39)(H2,32,33,34). The number of hydrogen-bond acceptors (Lipinski definition) is 6. The highest BCUT2D eigenvalue weighted by Crippen LogP contribution is 2.36. The fraction of sp³-hybridized carbons (Fsp3) is 0.290. The smallest absolute Gasteiger partial charge is 0.284 e. The Bertz CT molecular complexity index is 1800. The Balaban J connectivity index is 1.20. The number of nitrogens with zero attached hydrogens (tertiary/aromatic N) is 5. The molecule has 5 aromatic rings. The van der Waals surface area contributed by atoms with Crippen LogP contribution < -0.4 is 16.6 Å². The number of nitrogen functional groups attached to an aromatic ring is 1. The predicted octanol–water partition coefficient (Wildman–Crippen LogP) is 4.41. The summed E-state index contributed by atoms with van der Waals surface area (Å²) in [5, 5.41) is 7.48. The van der Waals surface area contributed by atoms with Gasteiger partial charge in [0.1, 0.15) is 17.4 Å². The molecule has 2 aliphatic heterocycles. The molecule has 2 aliphatic rings. The average Bonchev–Trinajstić information content (AvgIpc) is 3.54. The Morgan fingerprint density at radius 3 is 2.59 bits per heavy atom. The van der Waals surface area contributed by atoms with Crippen LogP contribution >= 0.6 is 0 Å². The normalized spacial score (nSPS) is 15.6. The van der Waals surface area contributed by atoms with Gasteiger partial charge in [-0.15, -0.1) is 0 Å². The van der Waals surface area contributed by atoms with E-state index in [9.17, 15) is 9.59 Å². The van der Waals surface area contributed by atoms with E-state index < -0.39 is 5.91 Å². The molecule has 41 heavy (non-hydrogen) atoms. The van der Waals surface area contributed by atoms with Gasteiger partial charge < -0.3 is 15.8 Å². The first-order valence-electron chi connectivity index (χ1n) is 14.1. The molecule has 0 bridgehead atoms. The fourth-order valence-corrected chi connectivity index (χ4v) is 6.21. The van der Waals surface area contributed by atoms with Crippen LogP contribution in [0.5, 0.6) is 0 Å². The highest BCUT2D eigenvalue weighted by atomic mass is 16.5. The number of ether oxygens (including phenoxy) is 1. The molecule has 0 aliphatic carbocycles. The first-order valence-corrected chi connectivity index (χ1v) is 14.1. The number of hydrogen-bond donors (Lipinski definition) is 2. The lowest BCUT2D eigenvalue weighted by molar-refractivity contribution is 0.0841. The van der Waals surface area contributed by atoms with E-state index >= 15 is 0 Å². The Morgan fingerprint density at radius 2 is 1.80 bits per heavy atom. The number of anilines is 2. The van der Waals surface area contributed by atoms with Gasteiger partial charge in [-0.2, -0.15) is 5.10 Å². The molecule has 10 heteroatoms. The molecule has 7 rings (SSSR count). The van der Waals surface area contributed by atoms with Crippen LogP contribution in [0.15, 0.2) is 71.8 Å². The van der Waals surface area contributed by atoms with Crippen LogP contribution in [0.2, 0.25) is 0 Å². The zero-order valence-electron chi connectivity index (χ0n) is 22.6. The molecule has 1 saturated heterocycles. The zero-order valence-corrected chi connectivity index (χ0v) is 22.6. The number of nitrogens with two attached hydrogens (primary N) is 1. The third kappa shape index (κ3) is 4.40. The lowest BCUT2D eigenvalue weighted by atomic mass is 9.96. The maximum Gasteiger partial charge on any atom is 0.284 e. The second-order valence-corrected chi connectivity index (χ2v) is 10.7. The number of carbonyl (C=O) groups excluding carboxylic acids is 1. The van der Waals surface area contributed by atoms with Crippen molar-refractivity contribution in [2.24, 2.45) is 0 Å². The molecule has 10 nitrogen and oxygen atoms in total. The van der Waals surface area contributed by atoms with Crippen LogP contribution in [0.1, 0.15) is 53.3 Å². The van der Waals surface area contributed by atoms with Gasteiger partial charge in [-0.05, 0) is 68.0 Å². The molecule has 3 aromatic heterocycles. The van der Waals surface area contributed by atoms with Gasteiger partial charge in [0.05, 0.1) is 11.4 Å². The lowest BCUT2D eigenvalue weighted by Gasteiger charge is -2.21. The van der Waals surface area contributed by atoms with E-state index in [4.69, 9.17) is 10.5 Å². The van der Waals surface area contributed by atoms with Gasteiger partial charge in [0.15, 0.2) is 5.82 Å². The van der Waals surface area contributed by atoms with Gasteiger partial charge in [0.2, 0.25) is 0 Å². The molecule has 1 fully saturated rings. The van der Waals surface area contributed by atoms with E-state index in [1.54, 1.807) is 4.68 Å². The summed E-state index contributed by atoms with van der Waals surface area (Å²) in [5.74, 6) is 0.349. The molecular formula is C31H31N7O3. The van der Waals surface area contributed by atoms with E-state index in [2.05, 4.69) is 21.5 Å². The maximum atomic E-state index is 13.6. The van der Waals surface area contributed by atoms with Crippen molar-refractivity contribution >= 4 is 22.9 Å². The number of nitrogens with one attached hydrogen (secondary N) is 1. The topological polar surface area (TPSA) is 121 Å². The molecule has 0 unspecified atom stereocenters. The number of carbonyl (C=O) groups is 1. The highest BCUT2D eigenvalue weighted by molar-refractivity contribution is 6.05. The summed E-state index contributed by atoms with van der Waals surface area (Å²) < 4.78 is 11.1. The summed E-state index contributed by atoms with van der Waals surface area (Å²) in [6.07, 6.45) is 5.95. The lowest BCUT2D eigenvalue weighted by Crippen LogP contribution is -2.25. The minimum atomic E-state index is -0.392. The molecule has 0 atom stereocenters. The Labute approximate surface area is 236 Å². The van der Waals surface area contributed by atoms with Gasteiger partial charge in [-0.1, -0.05) is 30.3 Å². The SMILES string of the molecule is Nc1ncnn2c(C3CCOCC3)cc(-c3ccc(NC(=O)c4c5n(n(-c6ccccc6)c4=O)CCCC5)cc3)c12. The summed E-state index contributed by atoms with van der Waals surface area (Å²) in [4.78, 5) is 31.3. The van der Waals surface area contributed by atoms with Gasteiger partial charge in [-0.25, -0.2) is 14.2 Å². The third-order valence-electron chi connectivity index (χ3n) is 8.21. The van der Waals surface area contributed by atoms with Crippen molar-refractivity contribution in [1.82, 2.24) is 24.0 Å². The average molecular weight is 550 g/mol. The predicted molar refractivity (Wildman–Crippen MR) is 157 cm³/mol. The van der Waals surface area contributed by atoms with Gasteiger partial charge in [0.25, 0.3) is 11.5 Å². The largest absolute Gasteiger partial charge is 0.382 e. The number of benzene rings is 2. The maximum absolute atomic E-state index is 13.6. The summed E-state index contributed by atoms with van der Waals surface area (Å²) in [6.45, 7) is 2.16. The summed E-state index contributed by atoms with van der Waals surface area (Å²) in [7, 11) is 0. The second-order valence-electron chi connectivity index (χ2n) is 10.7. The van der Waals surface area contributed by atoms with Crippen molar-refractivity contribution in [3.8, 4) is 16.8 Å². The zero-order chi connectivity index (χ0) is 27.9. The van der Waals surface area contributed by atoms with Crippen LogP contribution in [0.3, 0.4) is 0 Å². The van der Waals surface area contributed by atoms with E-state index in [0.717, 1.165) is 72.6 Å². The fourth-order valence-electron chi connectivity index (χ4n) is 6.21. The summed E-state index contributed by atoms with van der Waals surface area (Å²) in [5.41, 5.74) is 12.1. The monoisotopic (exact) mass is 549 g/mol. The summed E-state index contributed by atoms with van der Waals surface area (Å²) >= 11 is 0. The molecule has 0 radical (unpaired) electrons. The first kappa shape index (κ1) is 25.3. The van der Waals surface area contributed by atoms with Gasteiger partial charge >= 0.3 is 0 Å². The Hall–Kier alpha value is -4.70. The molecule has 208 valence electrons. The van der Waals surface area contributed by atoms with Crippen LogP contribution in [0, 0.1) is 0 Å². The van der Waals surface area contributed by atoms with E-state index in [1.807, 2.05) is 63.8 Å². The van der Waals surface area contributed by atoms with Gasteiger partial charge in [0, 0.05) is 42.6 Å².